The first-order chi connectivity index (χ1) is 8.58. The molecule has 0 heterocycles. The summed E-state index contributed by atoms with van der Waals surface area (Å²) in [5.41, 5.74) is 0. The van der Waals surface area contributed by atoms with Gasteiger partial charge in [0.2, 0.25) is 0 Å². The lowest BCUT2D eigenvalue weighted by atomic mass is 10.0. The Morgan fingerprint density at radius 1 is 1.06 bits per heavy atom. The van der Waals surface area contributed by atoms with Crippen LogP contribution in [-0.2, 0) is 0 Å². The van der Waals surface area contributed by atoms with Crippen LogP contribution in [0.1, 0.15) is 52.9 Å². The van der Waals surface area contributed by atoms with Crippen LogP contribution in [0.15, 0.2) is 0 Å². The molecular formula is C16H32N2. The summed E-state index contributed by atoms with van der Waals surface area (Å²) in [7, 11) is 2.28. The van der Waals surface area contributed by atoms with Crippen molar-refractivity contribution in [3.8, 4) is 0 Å². The number of rotatable bonds is 9. The van der Waals surface area contributed by atoms with Gasteiger partial charge >= 0.3 is 0 Å². The van der Waals surface area contributed by atoms with E-state index in [0.717, 1.165) is 23.8 Å². The molecule has 0 aromatic rings. The van der Waals surface area contributed by atoms with Crippen LogP contribution in [0.5, 0.6) is 0 Å². The third-order valence-corrected chi connectivity index (χ3v) is 4.67. The molecule has 18 heavy (non-hydrogen) atoms. The molecular weight excluding hydrogens is 220 g/mol. The summed E-state index contributed by atoms with van der Waals surface area (Å²) in [6.07, 6.45) is 7.23. The van der Waals surface area contributed by atoms with Crippen molar-refractivity contribution < 1.29 is 0 Å². The van der Waals surface area contributed by atoms with E-state index in [1.54, 1.807) is 0 Å². The van der Waals surface area contributed by atoms with Crippen LogP contribution < -0.4 is 5.32 Å². The van der Waals surface area contributed by atoms with Gasteiger partial charge in [-0.1, -0.05) is 13.8 Å². The molecule has 0 aliphatic heterocycles. The molecule has 0 aromatic carbocycles. The summed E-state index contributed by atoms with van der Waals surface area (Å²) in [5, 5.41) is 3.84. The molecule has 1 atom stereocenters. The molecule has 106 valence electrons. The van der Waals surface area contributed by atoms with Crippen molar-refractivity contribution in [2.24, 2.45) is 17.8 Å². The zero-order valence-corrected chi connectivity index (χ0v) is 12.8. The fraction of sp³-hybridized carbons (Fsp3) is 1.00. The van der Waals surface area contributed by atoms with Crippen LogP contribution in [-0.4, -0.2) is 37.1 Å². The molecule has 0 spiro atoms. The van der Waals surface area contributed by atoms with Gasteiger partial charge < -0.3 is 10.2 Å². The van der Waals surface area contributed by atoms with Gasteiger partial charge in [-0.15, -0.1) is 0 Å². The minimum atomic E-state index is 0.715. The molecule has 2 rings (SSSR count). The van der Waals surface area contributed by atoms with E-state index in [1.807, 2.05) is 0 Å². The molecule has 0 bridgehead atoms. The largest absolute Gasteiger partial charge is 0.312 e. The molecule has 0 aromatic heterocycles. The van der Waals surface area contributed by atoms with E-state index < -0.39 is 0 Å². The van der Waals surface area contributed by atoms with Gasteiger partial charge in [0.15, 0.2) is 0 Å². The summed E-state index contributed by atoms with van der Waals surface area (Å²) in [6, 6.07) is 1.57. The predicted octanol–water partition coefficient (Wildman–Crippen LogP) is 3.13. The van der Waals surface area contributed by atoms with Crippen LogP contribution in [0.25, 0.3) is 0 Å². The first kappa shape index (κ1) is 14.3. The third-order valence-electron chi connectivity index (χ3n) is 4.67. The second-order valence-electron chi connectivity index (χ2n) is 7.11. The summed E-state index contributed by atoms with van der Waals surface area (Å²) in [4.78, 5) is 2.52. The van der Waals surface area contributed by atoms with Crippen molar-refractivity contribution >= 4 is 0 Å². The lowest BCUT2D eigenvalue weighted by Gasteiger charge is -2.27. The maximum absolute atomic E-state index is 3.84. The average Bonchev–Trinajstić information content (AvgIpc) is 3.15. The normalized spacial score (nSPS) is 22.2. The second-order valence-corrected chi connectivity index (χ2v) is 7.11. The quantitative estimate of drug-likeness (QED) is 0.678. The van der Waals surface area contributed by atoms with Crippen LogP contribution in [0.4, 0.5) is 0 Å². The number of hydrogen-bond donors (Lipinski definition) is 1. The smallest absolute Gasteiger partial charge is 0.0124 e. The maximum Gasteiger partial charge on any atom is 0.0124 e. The fourth-order valence-corrected chi connectivity index (χ4v) is 3.12. The molecule has 2 saturated carbocycles. The van der Waals surface area contributed by atoms with Gasteiger partial charge in [-0.25, -0.2) is 0 Å². The average molecular weight is 252 g/mol. The predicted molar refractivity (Wildman–Crippen MR) is 78.8 cm³/mol. The van der Waals surface area contributed by atoms with E-state index >= 15 is 0 Å². The molecule has 2 aliphatic rings. The molecule has 0 radical (unpaired) electrons. The zero-order valence-electron chi connectivity index (χ0n) is 12.8. The van der Waals surface area contributed by atoms with Gasteiger partial charge in [0.1, 0.15) is 0 Å². The standard InChI is InChI=1S/C16H32N2/c1-12(2)11-13(3)18(4)10-9-17-16(14-5-6-14)15-7-8-15/h12-17H,5-11H2,1-4H3. The second kappa shape index (κ2) is 6.38. The molecule has 0 saturated heterocycles. The Bertz CT molecular complexity index is 231. The van der Waals surface area contributed by atoms with E-state index in [4.69, 9.17) is 0 Å². The highest BCUT2D eigenvalue weighted by Crippen LogP contribution is 2.44. The highest BCUT2D eigenvalue weighted by atomic mass is 15.1. The zero-order chi connectivity index (χ0) is 13.1. The first-order valence-corrected chi connectivity index (χ1v) is 8.01. The highest BCUT2D eigenvalue weighted by molar-refractivity contribution is 4.96. The van der Waals surface area contributed by atoms with E-state index in [1.165, 1.54) is 45.2 Å². The SMILES string of the molecule is CC(C)CC(C)N(C)CCNC(C1CC1)C1CC1. The van der Waals surface area contributed by atoms with Crippen molar-refractivity contribution in [2.45, 2.75) is 65.0 Å². The molecule has 2 aliphatic carbocycles. The molecule has 2 heteroatoms. The number of nitrogens with zero attached hydrogens (tertiary/aromatic N) is 1. The van der Waals surface area contributed by atoms with Crippen LogP contribution >= 0.6 is 0 Å². The van der Waals surface area contributed by atoms with Crippen molar-refractivity contribution in [3.05, 3.63) is 0 Å². The van der Waals surface area contributed by atoms with Gasteiger partial charge in [0.05, 0.1) is 0 Å². The Morgan fingerprint density at radius 3 is 2.06 bits per heavy atom. The van der Waals surface area contributed by atoms with Gasteiger partial charge in [-0.2, -0.15) is 0 Å². The monoisotopic (exact) mass is 252 g/mol. The van der Waals surface area contributed by atoms with Gasteiger partial charge in [-0.05, 0) is 63.8 Å². The lowest BCUT2D eigenvalue weighted by molar-refractivity contribution is 0.223. The van der Waals surface area contributed by atoms with Crippen LogP contribution in [0.3, 0.4) is 0 Å². The maximum atomic E-state index is 3.84. The fourth-order valence-electron chi connectivity index (χ4n) is 3.12. The number of nitrogens with one attached hydrogen (secondary N) is 1. The Labute approximate surface area is 114 Å². The Kier molecular flexibility index (Phi) is 5.08. The van der Waals surface area contributed by atoms with Crippen molar-refractivity contribution in [1.82, 2.24) is 10.2 Å². The minimum absolute atomic E-state index is 0.715. The van der Waals surface area contributed by atoms with E-state index in [0.29, 0.717) is 6.04 Å². The van der Waals surface area contributed by atoms with Gasteiger partial charge in [0, 0.05) is 25.2 Å². The van der Waals surface area contributed by atoms with E-state index in [9.17, 15) is 0 Å². The molecule has 0 amide bonds. The van der Waals surface area contributed by atoms with Crippen molar-refractivity contribution in [2.75, 3.05) is 20.1 Å². The summed E-state index contributed by atoms with van der Waals surface area (Å²) >= 11 is 0. The summed E-state index contributed by atoms with van der Waals surface area (Å²) in [5.74, 6) is 2.85. The Hall–Kier alpha value is -0.0800. The number of hydrogen-bond acceptors (Lipinski definition) is 2. The van der Waals surface area contributed by atoms with Crippen molar-refractivity contribution in [3.63, 3.8) is 0 Å². The Balaban J connectivity index is 1.61. The first-order valence-electron chi connectivity index (χ1n) is 8.01. The van der Waals surface area contributed by atoms with Crippen molar-refractivity contribution in [1.29, 1.82) is 0 Å². The summed E-state index contributed by atoms with van der Waals surface area (Å²) < 4.78 is 0. The van der Waals surface area contributed by atoms with Crippen LogP contribution in [0, 0.1) is 17.8 Å². The topological polar surface area (TPSA) is 15.3 Å². The molecule has 2 fully saturated rings. The number of likely N-dealkylation sites (N-methyl/N-ethyl adjacent to an activating group) is 1. The molecule has 1 N–H and O–H groups in total. The summed E-state index contributed by atoms with van der Waals surface area (Å²) in [6.45, 7) is 9.37. The third kappa shape index (κ3) is 4.55. The highest BCUT2D eigenvalue weighted by Gasteiger charge is 2.40. The molecule has 2 nitrogen and oxygen atoms in total. The lowest BCUT2D eigenvalue weighted by Crippen LogP contribution is -2.41. The van der Waals surface area contributed by atoms with Crippen LogP contribution in [0.2, 0.25) is 0 Å². The van der Waals surface area contributed by atoms with Gasteiger partial charge in [0.25, 0.3) is 0 Å². The Morgan fingerprint density at radius 2 is 1.61 bits per heavy atom. The van der Waals surface area contributed by atoms with E-state index in [-0.39, 0.29) is 0 Å². The van der Waals surface area contributed by atoms with Gasteiger partial charge in [-0.3, -0.25) is 0 Å². The van der Waals surface area contributed by atoms with E-state index in [2.05, 4.69) is 38.0 Å². The minimum Gasteiger partial charge on any atom is -0.312 e. The molecule has 1 unspecified atom stereocenters.